The molecule has 0 saturated heterocycles. The number of fused-ring (bicyclic) bond motifs is 1. The normalized spacial score (nSPS) is 10.8. The first-order chi connectivity index (χ1) is 6.63. The average Bonchev–Trinajstić information content (AvgIpc) is 2.64. The van der Waals surface area contributed by atoms with E-state index >= 15 is 0 Å². The minimum atomic E-state index is -0.314. The second-order valence-corrected chi connectivity index (χ2v) is 4.21. The van der Waals surface area contributed by atoms with Crippen molar-refractivity contribution in [2.24, 2.45) is 5.84 Å². The van der Waals surface area contributed by atoms with Gasteiger partial charge >= 0.3 is 0 Å². The standard InChI is InChI=1S/C8H10N4OS/c1-3-5(7(13)12-9)11-8-6(3)10-4(2)14-8/h11H,9H2,1-2H3,(H,12,13). The van der Waals surface area contributed by atoms with E-state index in [2.05, 4.69) is 15.4 Å². The maximum atomic E-state index is 11.3. The summed E-state index contributed by atoms with van der Waals surface area (Å²) in [6, 6.07) is 0. The van der Waals surface area contributed by atoms with E-state index in [4.69, 9.17) is 5.84 Å². The molecule has 0 atom stereocenters. The minimum absolute atomic E-state index is 0.314. The number of hydrazine groups is 1. The zero-order valence-electron chi connectivity index (χ0n) is 7.84. The number of carbonyl (C=O) groups is 1. The molecule has 0 bridgehead atoms. The van der Waals surface area contributed by atoms with Crippen LogP contribution in [0.5, 0.6) is 0 Å². The average molecular weight is 210 g/mol. The summed E-state index contributed by atoms with van der Waals surface area (Å²) in [5.74, 6) is 4.74. The van der Waals surface area contributed by atoms with E-state index in [1.54, 1.807) is 0 Å². The second kappa shape index (κ2) is 3.07. The number of aromatic amines is 1. The Labute approximate surface area is 84.3 Å². The summed E-state index contributed by atoms with van der Waals surface area (Å²) in [5.41, 5.74) is 4.27. The smallest absolute Gasteiger partial charge is 0.281 e. The SMILES string of the molecule is Cc1nc2c(C)c(C(=O)NN)[nH]c2s1. The number of carbonyl (C=O) groups excluding carboxylic acids is 1. The van der Waals surface area contributed by atoms with Gasteiger partial charge in [-0.3, -0.25) is 10.2 Å². The van der Waals surface area contributed by atoms with E-state index in [1.165, 1.54) is 11.3 Å². The van der Waals surface area contributed by atoms with Crippen molar-refractivity contribution >= 4 is 27.6 Å². The fourth-order valence-electron chi connectivity index (χ4n) is 1.39. The van der Waals surface area contributed by atoms with Gasteiger partial charge in [0.05, 0.1) is 5.01 Å². The van der Waals surface area contributed by atoms with Gasteiger partial charge in [-0.25, -0.2) is 10.8 Å². The first-order valence-electron chi connectivity index (χ1n) is 4.10. The van der Waals surface area contributed by atoms with Crippen molar-refractivity contribution in [2.75, 3.05) is 0 Å². The van der Waals surface area contributed by atoms with Gasteiger partial charge in [-0.15, -0.1) is 11.3 Å². The number of hydrogen-bond acceptors (Lipinski definition) is 4. The van der Waals surface area contributed by atoms with Crippen molar-refractivity contribution in [3.05, 3.63) is 16.3 Å². The first kappa shape index (κ1) is 9.17. The van der Waals surface area contributed by atoms with E-state index in [9.17, 15) is 4.79 Å². The molecule has 0 aliphatic rings. The molecule has 6 heteroatoms. The lowest BCUT2D eigenvalue weighted by Crippen LogP contribution is -2.30. The van der Waals surface area contributed by atoms with Gasteiger partial charge in [0.1, 0.15) is 16.0 Å². The molecular formula is C8H10N4OS. The topological polar surface area (TPSA) is 83.8 Å². The van der Waals surface area contributed by atoms with Gasteiger partial charge in [-0.2, -0.15) is 0 Å². The Morgan fingerprint density at radius 3 is 2.86 bits per heavy atom. The summed E-state index contributed by atoms with van der Waals surface area (Å²) >= 11 is 1.53. The number of nitrogens with two attached hydrogens (primary N) is 1. The molecule has 1 amide bonds. The molecule has 5 nitrogen and oxygen atoms in total. The molecule has 0 spiro atoms. The third-order valence-electron chi connectivity index (χ3n) is 2.06. The number of amides is 1. The van der Waals surface area contributed by atoms with Crippen LogP contribution in [0.1, 0.15) is 21.1 Å². The maximum absolute atomic E-state index is 11.3. The zero-order chi connectivity index (χ0) is 10.3. The van der Waals surface area contributed by atoms with Gasteiger partial charge in [0, 0.05) is 5.56 Å². The van der Waals surface area contributed by atoms with Crippen molar-refractivity contribution in [1.29, 1.82) is 0 Å². The molecule has 2 heterocycles. The van der Waals surface area contributed by atoms with Crippen molar-refractivity contribution < 1.29 is 4.79 Å². The monoisotopic (exact) mass is 210 g/mol. The van der Waals surface area contributed by atoms with Crippen LogP contribution in [0.25, 0.3) is 10.3 Å². The Balaban J connectivity index is 2.64. The van der Waals surface area contributed by atoms with Gasteiger partial charge in [0.2, 0.25) is 0 Å². The molecule has 2 aromatic heterocycles. The van der Waals surface area contributed by atoms with Crippen LogP contribution >= 0.6 is 11.3 Å². The summed E-state index contributed by atoms with van der Waals surface area (Å²) in [5, 5.41) is 0.981. The number of rotatable bonds is 1. The van der Waals surface area contributed by atoms with Gasteiger partial charge in [0.25, 0.3) is 5.91 Å². The minimum Gasteiger partial charge on any atom is -0.341 e. The van der Waals surface area contributed by atoms with Crippen LogP contribution in [0.3, 0.4) is 0 Å². The third-order valence-corrected chi connectivity index (χ3v) is 2.95. The largest absolute Gasteiger partial charge is 0.341 e. The quantitative estimate of drug-likeness (QED) is 0.370. The molecule has 0 unspecified atom stereocenters. The Kier molecular flexibility index (Phi) is 2.01. The van der Waals surface area contributed by atoms with Crippen molar-refractivity contribution in [3.8, 4) is 0 Å². The highest BCUT2D eigenvalue weighted by Gasteiger charge is 2.16. The van der Waals surface area contributed by atoms with Gasteiger partial charge in [0.15, 0.2) is 0 Å². The Morgan fingerprint density at radius 1 is 1.57 bits per heavy atom. The Morgan fingerprint density at radius 2 is 2.29 bits per heavy atom. The van der Waals surface area contributed by atoms with Crippen molar-refractivity contribution in [3.63, 3.8) is 0 Å². The molecule has 4 N–H and O–H groups in total. The molecule has 2 aromatic rings. The van der Waals surface area contributed by atoms with Crippen LogP contribution in [0.2, 0.25) is 0 Å². The van der Waals surface area contributed by atoms with E-state index in [1.807, 2.05) is 13.8 Å². The molecule has 0 aliphatic carbocycles. The summed E-state index contributed by atoms with van der Waals surface area (Å²) in [6.07, 6.45) is 0. The number of nitrogens with zero attached hydrogens (tertiary/aromatic N) is 1. The number of aromatic nitrogens is 2. The van der Waals surface area contributed by atoms with E-state index in [0.717, 1.165) is 20.9 Å². The molecule has 2 rings (SSSR count). The fraction of sp³-hybridized carbons (Fsp3) is 0.250. The van der Waals surface area contributed by atoms with Crippen molar-refractivity contribution in [2.45, 2.75) is 13.8 Å². The number of nitrogen functional groups attached to an aromatic ring is 1. The molecule has 14 heavy (non-hydrogen) atoms. The fourth-order valence-corrected chi connectivity index (χ4v) is 2.27. The molecular weight excluding hydrogens is 200 g/mol. The summed E-state index contributed by atoms with van der Waals surface area (Å²) in [6.45, 7) is 3.78. The van der Waals surface area contributed by atoms with Gasteiger partial charge in [-0.05, 0) is 13.8 Å². The highest BCUT2D eigenvalue weighted by atomic mass is 32.1. The Hall–Kier alpha value is -1.40. The number of nitrogens with one attached hydrogen (secondary N) is 2. The highest BCUT2D eigenvalue weighted by molar-refractivity contribution is 7.18. The van der Waals surface area contributed by atoms with E-state index < -0.39 is 0 Å². The number of thiazole rings is 1. The van der Waals surface area contributed by atoms with Crippen molar-refractivity contribution in [1.82, 2.24) is 15.4 Å². The first-order valence-corrected chi connectivity index (χ1v) is 4.91. The van der Waals surface area contributed by atoms with Crippen LogP contribution in [0.15, 0.2) is 0 Å². The van der Waals surface area contributed by atoms with Crippen LogP contribution in [0.4, 0.5) is 0 Å². The van der Waals surface area contributed by atoms with E-state index in [0.29, 0.717) is 5.69 Å². The predicted octanol–water partition coefficient (Wildman–Crippen LogP) is 0.845. The molecule has 0 radical (unpaired) electrons. The van der Waals surface area contributed by atoms with Crippen LogP contribution in [-0.4, -0.2) is 15.9 Å². The number of H-pyrrole nitrogens is 1. The summed E-state index contributed by atoms with van der Waals surface area (Å²) < 4.78 is 0. The molecule has 0 saturated carbocycles. The van der Waals surface area contributed by atoms with Gasteiger partial charge in [-0.1, -0.05) is 0 Å². The molecule has 0 aromatic carbocycles. The number of hydrogen-bond donors (Lipinski definition) is 3. The highest BCUT2D eigenvalue weighted by Crippen LogP contribution is 2.25. The third kappa shape index (κ3) is 1.19. The lowest BCUT2D eigenvalue weighted by atomic mass is 10.2. The van der Waals surface area contributed by atoms with Gasteiger partial charge < -0.3 is 4.98 Å². The maximum Gasteiger partial charge on any atom is 0.281 e. The summed E-state index contributed by atoms with van der Waals surface area (Å²) in [4.78, 5) is 19.5. The van der Waals surface area contributed by atoms with Crippen LogP contribution in [0, 0.1) is 13.8 Å². The van der Waals surface area contributed by atoms with E-state index in [-0.39, 0.29) is 5.91 Å². The number of aryl methyl sites for hydroxylation is 2. The second-order valence-electron chi connectivity index (χ2n) is 3.01. The lowest BCUT2D eigenvalue weighted by molar-refractivity contribution is 0.0949. The molecule has 74 valence electrons. The Bertz CT molecular complexity index is 499. The van der Waals surface area contributed by atoms with Crippen LogP contribution < -0.4 is 11.3 Å². The zero-order valence-corrected chi connectivity index (χ0v) is 8.66. The molecule has 0 aliphatic heterocycles. The predicted molar refractivity (Wildman–Crippen MR) is 55.1 cm³/mol. The molecule has 0 fully saturated rings. The summed E-state index contributed by atoms with van der Waals surface area (Å²) in [7, 11) is 0. The van der Waals surface area contributed by atoms with Crippen LogP contribution in [-0.2, 0) is 0 Å². The lowest BCUT2D eigenvalue weighted by Gasteiger charge is -1.96.